The van der Waals surface area contributed by atoms with E-state index in [0.29, 0.717) is 17.7 Å². The molecule has 1 saturated carbocycles. The first kappa shape index (κ1) is 14.3. The third-order valence-electron chi connectivity index (χ3n) is 3.56. The van der Waals surface area contributed by atoms with Crippen LogP contribution in [0, 0.1) is 0 Å². The van der Waals surface area contributed by atoms with Gasteiger partial charge >= 0.3 is 5.97 Å². The van der Waals surface area contributed by atoms with Crippen LogP contribution in [0.5, 0.6) is 0 Å². The van der Waals surface area contributed by atoms with Crippen LogP contribution < -0.4 is 5.32 Å². The van der Waals surface area contributed by atoms with Gasteiger partial charge in [0, 0.05) is 28.2 Å². The third-order valence-corrected chi connectivity index (χ3v) is 3.89. The van der Waals surface area contributed by atoms with E-state index in [1.807, 2.05) is 31.2 Å². The summed E-state index contributed by atoms with van der Waals surface area (Å²) in [6.45, 7) is 2.17. The molecule has 21 heavy (non-hydrogen) atoms. The Morgan fingerprint density at radius 1 is 1.48 bits per heavy atom. The Kier molecular flexibility index (Phi) is 4.08. The van der Waals surface area contributed by atoms with E-state index in [-0.39, 0.29) is 5.97 Å². The van der Waals surface area contributed by atoms with Crippen molar-refractivity contribution in [3.8, 4) is 0 Å². The standard InChI is InChI=1S/C16H17ClN2O2/c1-2-21-16(20)15(19-10-5-6-10)12-7-8-13(17)11-4-3-9-18-14(11)12/h3-4,7-10,15,19H,2,5-6H2,1H3. The summed E-state index contributed by atoms with van der Waals surface area (Å²) in [4.78, 5) is 16.7. The summed E-state index contributed by atoms with van der Waals surface area (Å²) < 4.78 is 5.20. The lowest BCUT2D eigenvalue weighted by Crippen LogP contribution is -2.32. The van der Waals surface area contributed by atoms with Crippen LogP contribution in [0.15, 0.2) is 30.5 Å². The first-order chi connectivity index (χ1) is 10.2. The number of aromatic nitrogens is 1. The van der Waals surface area contributed by atoms with Crippen molar-refractivity contribution < 1.29 is 9.53 Å². The van der Waals surface area contributed by atoms with Gasteiger partial charge < -0.3 is 4.74 Å². The molecule has 1 aliphatic carbocycles. The Hall–Kier alpha value is -1.65. The SMILES string of the molecule is CCOC(=O)C(NC1CC1)c1ccc(Cl)c2cccnc12. The van der Waals surface area contributed by atoms with E-state index in [1.54, 1.807) is 6.20 Å². The largest absolute Gasteiger partial charge is 0.465 e. The van der Waals surface area contributed by atoms with Crippen molar-refractivity contribution in [3.63, 3.8) is 0 Å². The lowest BCUT2D eigenvalue weighted by molar-refractivity contribution is -0.145. The maximum atomic E-state index is 12.3. The zero-order chi connectivity index (χ0) is 14.8. The highest BCUT2D eigenvalue weighted by atomic mass is 35.5. The molecule has 1 aromatic carbocycles. The number of halogens is 1. The predicted octanol–water partition coefficient (Wildman–Crippen LogP) is 3.24. The Labute approximate surface area is 128 Å². The Balaban J connectivity index is 2.05. The molecule has 0 bridgehead atoms. The van der Waals surface area contributed by atoms with Gasteiger partial charge in [0.2, 0.25) is 0 Å². The fraction of sp³-hybridized carbons (Fsp3) is 0.375. The zero-order valence-electron chi connectivity index (χ0n) is 11.8. The second kappa shape index (κ2) is 6.00. The number of benzene rings is 1. The van der Waals surface area contributed by atoms with Crippen LogP contribution in [0.3, 0.4) is 0 Å². The van der Waals surface area contributed by atoms with E-state index >= 15 is 0 Å². The minimum absolute atomic E-state index is 0.265. The second-order valence-corrected chi connectivity index (χ2v) is 5.57. The number of carbonyl (C=O) groups excluding carboxylic acids is 1. The molecule has 1 aliphatic rings. The van der Waals surface area contributed by atoms with Crippen LogP contribution in [0.2, 0.25) is 5.02 Å². The van der Waals surface area contributed by atoms with Crippen molar-refractivity contribution in [2.75, 3.05) is 6.61 Å². The van der Waals surface area contributed by atoms with Crippen LogP contribution in [-0.4, -0.2) is 23.6 Å². The molecule has 1 N–H and O–H groups in total. The van der Waals surface area contributed by atoms with Gasteiger partial charge in [-0.15, -0.1) is 0 Å². The summed E-state index contributed by atoms with van der Waals surface area (Å²) >= 11 is 6.22. The number of rotatable bonds is 5. The second-order valence-electron chi connectivity index (χ2n) is 5.16. The molecule has 0 saturated heterocycles. The van der Waals surface area contributed by atoms with E-state index in [1.165, 1.54) is 0 Å². The molecule has 3 rings (SSSR count). The Morgan fingerprint density at radius 2 is 2.29 bits per heavy atom. The molecular weight excluding hydrogens is 288 g/mol. The van der Waals surface area contributed by atoms with Crippen LogP contribution >= 0.6 is 11.6 Å². The van der Waals surface area contributed by atoms with Crippen LogP contribution in [0.1, 0.15) is 31.4 Å². The summed E-state index contributed by atoms with van der Waals surface area (Å²) in [5.74, 6) is -0.265. The van der Waals surface area contributed by atoms with E-state index in [2.05, 4.69) is 10.3 Å². The average Bonchev–Trinajstić information content (AvgIpc) is 3.30. The number of hydrogen-bond acceptors (Lipinski definition) is 4. The van der Waals surface area contributed by atoms with Gasteiger partial charge in [-0.2, -0.15) is 0 Å². The fourth-order valence-corrected chi connectivity index (χ4v) is 2.60. The number of hydrogen-bond donors (Lipinski definition) is 1. The minimum atomic E-state index is -0.493. The minimum Gasteiger partial charge on any atom is -0.465 e. The average molecular weight is 305 g/mol. The van der Waals surface area contributed by atoms with Crippen molar-refractivity contribution in [2.24, 2.45) is 0 Å². The molecule has 5 heteroatoms. The van der Waals surface area contributed by atoms with Crippen LogP contribution in [0.4, 0.5) is 0 Å². The van der Waals surface area contributed by atoms with Gasteiger partial charge in [0.1, 0.15) is 6.04 Å². The number of fused-ring (bicyclic) bond motifs is 1. The van der Waals surface area contributed by atoms with E-state index < -0.39 is 6.04 Å². The topological polar surface area (TPSA) is 51.2 Å². The van der Waals surface area contributed by atoms with Crippen molar-refractivity contribution in [1.29, 1.82) is 0 Å². The predicted molar refractivity (Wildman–Crippen MR) is 82.3 cm³/mol. The van der Waals surface area contributed by atoms with Crippen LogP contribution in [-0.2, 0) is 9.53 Å². The number of nitrogens with zero attached hydrogens (tertiary/aromatic N) is 1. The summed E-state index contributed by atoms with van der Waals surface area (Å²) in [6.07, 6.45) is 3.89. The summed E-state index contributed by atoms with van der Waals surface area (Å²) in [5, 5.41) is 4.83. The lowest BCUT2D eigenvalue weighted by Gasteiger charge is -2.19. The molecule has 4 nitrogen and oxygen atoms in total. The molecule has 0 spiro atoms. The maximum absolute atomic E-state index is 12.3. The molecule has 1 fully saturated rings. The number of nitrogens with one attached hydrogen (secondary N) is 1. The van der Waals surface area contributed by atoms with Gasteiger partial charge in [-0.25, -0.2) is 4.79 Å². The molecule has 0 amide bonds. The Morgan fingerprint density at radius 3 is 3.00 bits per heavy atom. The molecule has 1 atom stereocenters. The fourth-order valence-electron chi connectivity index (χ4n) is 2.39. The van der Waals surface area contributed by atoms with Crippen molar-refractivity contribution in [3.05, 3.63) is 41.0 Å². The number of ether oxygens (including phenoxy) is 1. The van der Waals surface area contributed by atoms with Gasteiger partial charge in [0.15, 0.2) is 0 Å². The van der Waals surface area contributed by atoms with Crippen molar-refractivity contribution >= 4 is 28.5 Å². The smallest absolute Gasteiger partial charge is 0.327 e. The van der Waals surface area contributed by atoms with Crippen LogP contribution in [0.25, 0.3) is 10.9 Å². The molecule has 1 heterocycles. The van der Waals surface area contributed by atoms with Gasteiger partial charge in [0.05, 0.1) is 12.1 Å². The summed E-state index contributed by atoms with van der Waals surface area (Å²) in [6, 6.07) is 7.30. The van der Waals surface area contributed by atoms with Gasteiger partial charge in [-0.1, -0.05) is 17.7 Å². The third kappa shape index (κ3) is 3.01. The normalized spacial score (nSPS) is 15.9. The molecular formula is C16H17ClN2O2. The maximum Gasteiger partial charge on any atom is 0.327 e. The van der Waals surface area contributed by atoms with Crippen molar-refractivity contribution in [2.45, 2.75) is 31.8 Å². The molecule has 1 aromatic heterocycles. The van der Waals surface area contributed by atoms with E-state index in [0.717, 1.165) is 29.3 Å². The molecule has 0 radical (unpaired) electrons. The Bertz CT molecular complexity index is 670. The highest BCUT2D eigenvalue weighted by molar-refractivity contribution is 6.35. The monoisotopic (exact) mass is 304 g/mol. The molecule has 0 aliphatic heterocycles. The molecule has 1 unspecified atom stereocenters. The number of esters is 1. The van der Waals surface area contributed by atoms with Gasteiger partial charge in [-0.05, 0) is 38.0 Å². The first-order valence-electron chi connectivity index (χ1n) is 7.16. The highest BCUT2D eigenvalue weighted by Gasteiger charge is 2.31. The van der Waals surface area contributed by atoms with E-state index in [4.69, 9.17) is 16.3 Å². The summed E-state index contributed by atoms with van der Waals surface area (Å²) in [7, 11) is 0. The highest BCUT2D eigenvalue weighted by Crippen LogP contribution is 2.31. The van der Waals surface area contributed by atoms with Gasteiger partial charge in [0.25, 0.3) is 0 Å². The summed E-state index contributed by atoms with van der Waals surface area (Å²) in [5.41, 5.74) is 1.57. The van der Waals surface area contributed by atoms with Crippen molar-refractivity contribution in [1.82, 2.24) is 10.3 Å². The van der Waals surface area contributed by atoms with E-state index in [9.17, 15) is 4.79 Å². The number of pyridine rings is 1. The first-order valence-corrected chi connectivity index (χ1v) is 7.54. The molecule has 110 valence electrons. The number of carbonyl (C=O) groups is 1. The van der Waals surface area contributed by atoms with Gasteiger partial charge in [-0.3, -0.25) is 10.3 Å². The molecule has 2 aromatic rings. The zero-order valence-corrected chi connectivity index (χ0v) is 12.6. The quantitative estimate of drug-likeness (QED) is 0.862. The lowest BCUT2D eigenvalue weighted by atomic mass is 10.0.